The summed E-state index contributed by atoms with van der Waals surface area (Å²) < 4.78 is 1.13. The maximum Gasteiger partial charge on any atom is 0.276 e. The zero-order valence-electron chi connectivity index (χ0n) is 17.0. The van der Waals surface area contributed by atoms with Crippen molar-refractivity contribution in [3.8, 4) is 12.1 Å². The number of aromatic nitrogens is 1. The zero-order chi connectivity index (χ0) is 24.6. The Labute approximate surface area is 194 Å². The highest BCUT2D eigenvalue weighted by atomic mass is 32.1. The van der Waals surface area contributed by atoms with Gasteiger partial charge in [0.05, 0.1) is 49.1 Å². The molecular weight excluding hydrogens is 460 g/mol. The summed E-state index contributed by atoms with van der Waals surface area (Å²) >= 11 is 0.858. The van der Waals surface area contributed by atoms with Crippen molar-refractivity contribution in [3.63, 3.8) is 0 Å². The minimum Gasteiger partial charge on any atom is -0.384 e. The topological polar surface area (TPSA) is 182 Å². The number of fused-ring (bicyclic) bond motifs is 1. The quantitative estimate of drug-likeness (QED) is 0.439. The van der Waals surface area contributed by atoms with Crippen LogP contribution < -0.4 is 20.5 Å². The van der Waals surface area contributed by atoms with Crippen molar-refractivity contribution < 1.29 is 9.85 Å². The molecule has 1 aromatic heterocycles. The van der Waals surface area contributed by atoms with Gasteiger partial charge in [-0.1, -0.05) is 30.3 Å². The second-order valence-electron chi connectivity index (χ2n) is 7.06. The van der Waals surface area contributed by atoms with Crippen LogP contribution in [0.3, 0.4) is 0 Å². The number of nitro benzene ring substituents is 2. The van der Waals surface area contributed by atoms with Gasteiger partial charge in [0, 0.05) is 17.7 Å². The number of nitrogens with zero attached hydrogens (tertiary/aromatic N) is 5. The summed E-state index contributed by atoms with van der Waals surface area (Å²) in [6, 6.07) is 15.3. The highest BCUT2D eigenvalue weighted by Gasteiger charge is 2.35. The van der Waals surface area contributed by atoms with Gasteiger partial charge in [-0.15, -0.1) is 11.3 Å². The Morgan fingerprint density at radius 2 is 1.56 bits per heavy atom. The number of allylic oxidation sites excluding steroid dienone is 1. The molecule has 0 saturated heterocycles. The highest BCUT2D eigenvalue weighted by molar-refractivity contribution is 7.07. The molecule has 0 amide bonds. The van der Waals surface area contributed by atoms with E-state index in [0.29, 0.717) is 0 Å². The molecule has 4 rings (SSSR count). The minimum atomic E-state index is -1.16. The van der Waals surface area contributed by atoms with Crippen molar-refractivity contribution in [1.29, 1.82) is 10.5 Å². The molecule has 0 spiro atoms. The van der Waals surface area contributed by atoms with Crippen molar-refractivity contribution in [2.24, 2.45) is 5.73 Å². The van der Waals surface area contributed by atoms with Gasteiger partial charge in [0.15, 0.2) is 0 Å². The van der Waals surface area contributed by atoms with Gasteiger partial charge < -0.3 is 5.73 Å². The van der Waals surface area contributed by atoms with Gasteiger partial charge in [0.2, 0.25) is 0 Å². The zero-order valence-corrected chi connectivity index (χ0v) is 17.9. The van der Waals surface area contributed by atoms with Crippen LogP contribution in [-0.2, 0) is 0 Å². The number of nitriles is 2. The van der Waals surface area contributed by atoms with E-state index < -0.39 is 21.3 Å². The van der Waals surface area contributed by atoms with Crippen LogP contribution in [-0.4, -0.2) is 14.4 Å². The molecule has 0 unspecified atom stereocenters. The van der Waals surface area contributed by atoms with E-state index in [9.17, 15) is 35.5 Å². The van der Waals surface area contributed by atoms with Crippen molar-refractivity contribution >= 4 is 40.2 Å². The molecule has 0 bridgehead atoms. The Bertz CT molecular complexity index is 1690. The summed E-state index contributed by atoms with van der Waals surface area (Å²) in [5.41, 5.74) is 4.97. The van der Waals surface area contributed by atoms with Gasteiger partial charge in [-0.3, -0.25) is 29.6 Å². The summed E-state index contributed by atoms with van der Waals surface area (Å²) in [5.74, 6) is -1.42. The Morgan fingerprint density at radius 3 is 2.18 bits per heavy atom. The average Bonchev–Trinajstić information content (AvgIpc) is 3.15. The van der Waals surface area contributed by atoms with Crippen molar-refractivity contribution in [2.75, 3.05) is 0 Å². The van der Waals surface area contributed by atoms with E-state index in [0.717, 1.165) is 15.9 Å². The lowest BCUT2D eigenvalue weighted by atomic mass is 9.83. The van der Waals surface area contributed by atoms with E-state index in [1.165, 1.54) is 48.5 Å². The van der Waals surface area contributed by atoms with Crippen LogP contribution in [0.2, 0.25) is 0 Å². The Hall–Kier alpha value is -5.07. The van der Waals surface area contributed by atoms with Crippen molar-refractivity contribution in [3.05, 3.63) is 105 Å². The Kier molecular flexibility index (Phi) is 5.51. The molecule has 3 aromatic rings. The van der Waals surface area contributed by atoms with Crippen LogP contribution in [0, 0.1) is 42.9 Å². The first-order valence-corrected chi connectivity index (χ1v) is 10.4. The van der Waals surface area contributed by atoms with Crippen LogP contribution in [0.15, 0.2) is 58.9 Å². The predicted molar refractivity (Wildman–Crippen MR) is 122 cm³/mol. The second-order valence-corrected chi connectivity index (χ2v) is 8.09. The fourth-order valence-corrected chi connectivity index (χ4v) is 4.90. The molecule has 2 aromatic carbocycles. The van der Waals surface area contributed by atoms with E-state index in [1.54, 1.807) is 6.07 Å². The maximum absolute atomic E-state index is 13.2. The van der Waals surface area contributed by atoms with Gasteiger partial charge in [0.25, 0.3) is 16.9 Å². The summed E-state index contributed by atoms with van der Waals surface area (Å²) in [4.78, 5) is 34.9. The molecule has 0 radical (unpaired) electrons. The number of benzene rings is 2. The average molecular weight is 472 g/mol. The monoisotopic (exact) mass is 472 g/mol. The normalized spacial score (nSPS) is 15.4. The Morgan fingerprint density at radius 1 is 0.971 bits per heavy atom. The number of hydrogen-bond acceptors (Lipinski definition) is 9. The summed E-state index contributed by atoms with van der Waals surface area (Å²) in [6.07, 6.45) is 1.31. The van der Waals surface area contributed by atoms with Crippen LogP contribution >= 0.6 is 11.3 Å². The molecular formula is C22H12N6O5S. The van der Waals surface area contributed by atoms with E-state index in [-0.39, 0.29) is 48.7 Å². The molecule has 166 valence electrons. The number of rotatable bonds is 4. The van der Waals surface area contributed by atoms with Gasteiger partial charge in [-0.25, -0.2) is 0 Å². The lowest BCUT2D eigenvalue weighted by Gasteiger charge is -2.22. The molecule has 34 heavy (non-hydrogen) atoms. The third-order valence-electron chi connectivity index (χ3n) is 5.25. The molecule has 11 nitrogen and oxygen atoms in total. The first kappa shape index (κ1) is 22.1. The third-order valence-corrected chi connectivity index (χ3v) is 6.36. The molecule has 12 heteroatoms. The first-order chi connectivity index (χ1) is 16.3. The summed E-state index contributed by atoms with van der Waals surface area (Å²) in [6.45, 7) is 0. The number of para-hydroxylation sites is 2. The SMILES string of the molecule is N#CC1=C(N)n2c(sc(=Cc3ccccc3[N+](=O)[O-])c2=O)=C(C#N)[C@@H]1c1ccccc1[N+](=O)[O-]. The molecule has 1 aliphatic rings. The number of hydrogen-bond donors (Lipinski definition) is 1. The fourth-order valence-electron chi connectivity index (χ4n) is 3.78. The number of nitrogens with two attached hydrogens (primary N) is 1. The first-order valence-electron chi connectivity index (χ1n) is 9.54. The van der Waals surface area contributed by atoms with Crippen LogP contribution in [0.25, 0.3) is 17.5 Å². The van der Waals surface area contributed by atoms with Gasteiger partial charge >= 0.3 is 0 Å². The van der Waals surface area contributed by atoms with Crippen LogP contribution in [0.4, 0.5) is 11.4 Å². The van der Waals surface area contributed by atoms with E-state index in [2.05, 4.69) is 0 Å². The fraction of sp³-hybridized carbons (Fsp3) is 0.0455. The van der Waals surface area contributed by atoms with E-state index in [4.69, 9.17) is 5.73 Å². The molecule has 0 aliphatic carbocycles. The standard InChI is InChI=1S/C22H12N6O5S/c23-10-14-19(13-6-2-4-8-17(13)28(32)33)15(11-24)22-26(20(14)25)21(29)18(34-22)9-12-5-1-3-7-16(12)27(30)31/h1-9,19H,25H2/t19-/m1/s1. The minimum absolute atomic E-state index is 0.0421. The lowest BCUT2D eigenvalue weighted by Crippen LogP contribution is -2.38. The largest absolute Gasteiger partial charge is 0.384 e. The van der Waals surface area contributed by atoms with E-state index >= 15 is 0 Å². The summed E-state index contributed by atoms with van der Waals surface area (Å²) in [7, 11) is 0. The van der Waals surface area contributed by atoms with Crippen LogP contribution in [0.1, 0.15) is 17.0 Å². The van der Waals surface area contributed by atoms with Gasteiger partial charge in [-0.05, 0) is 12.1 Å². The Balaban J connectivity index is 2.10. The molecule has 0 saturated carbocycles. The van der Waals surface area contributed by atoms with Crippen molar-refractivity contribution in [1.82, 2.24) is 4.57 Å². The molecule has 0 fully saturated rings. The third kappa shape index (κ3) is 3.40. The van der Waals surface area contributed by atoms with Crippen LogP contribution in [0.5, 0.6) is 0 Å². The lowest BCUT2D eigenvalue weighted by molar-refractivity contribution is -0.385. The molecule has 2 heterocycles. The molecule has 1 atom stereocenters. The molecule has 1 aliphatic heterocycles. The highest BCUT2D eigenvalue weighted by Crippen LogP contribution is 2.39. The van der Waals surface area contributed by atoms with E-state index in [1.807, 2.05) is 12.1 Å². The predicted octanol–water partition coefficient (Wildman–Crippen LogP) is 1.68. The van der Waals surface area contributed by atoms with Gasteiger partial charge in [0.1, 0.15) is 10.5 Å². The summed E-state index contributed by atoms with van der Waals surface area (Å²) in [5, 5.41) is 42.7. The number of thiazole rings is 1. The number of nitro groups is 2. The smallest absolute Gasteiger partial charge is 0.276 e. The van der Waals surface area contributed by atoms with Crippen molar-refractivity contribution in [2.45, 2.75) is 5.92 Å². The van der Waals surface area contributed by atoms with Gasteiger partial charge in [-0.2, -0.15) is 10.5 Å². The molecule has 2 N–H and O–H groups in total. The second kappa shape index (κ2) is 8.46. The maximum atomic E-state index is 13.2.